The molecule has 1 unspecified atom stereocenters. The second-order valence-corrected chi connectivity index (χ2v) is 12.6. The lowest BCUT2D eigenvalue weighted by atomic mass is 10.0. The fourth-order valence-electron chi connectivity index (χ4n) is 5.58. The number of rotatable bonds is 33. The molecule has 1 atom stereocenters. The third kappa shape index (κ3) is 29.0. The van der Waals surface area contributed by atoms with Crippen molar-refractivity contribution < 1.29 is 19.1 Å². The average Bonchev–Trinajstić information content (AvgIpc) is 2.98. The highest BCUT2D eigenvalue weighted by Gasteiger charge is 2.15. The van der Waals surface area contributed by atoms with Gasteiger partial charge < -0.3 is 14.8 Å². The zero-order valence-corrected chi connectivity index (χ0v) is 28.8. The Hall–Kier alpha value is -1.10. The topological polar surface area (TPSA) is 64.6 Å². The highest BCUT2D eigenvalue weighted by atomic mass is 16.5. The van der Waals surface area contributed by atoms with E-state index < -0.39 is 0 Å². The molecule has 0 aliphatic carbocycles. The Kier molecular flexibility index (Phi) is 31.9. The van der Waals surface area contributed by atoms with Crippen LogP contribution in [0.3, 0.4) is 0 Å². The minimum absolute atomic E-state index is 0.0489. The molecule has 42 heavy (non-hydrogen) atoms. The number of nitrogens with one attached hydrogen (secondary N) is 1. The average molecular weight is 596 g/mol. The first-order valence-corrected chi connectivity index (χ1v) is 18.7. The quantitative estimate of drug-likeness (QED) is 0.0604. The first-order valence-electron chi connectivity index (χ1n) is 18.7. The Morgan fingerprint density at radius 2 is 0.714 bits per heavy atom. The van der Waals surface area contributed by atoms with Gasteiger partial charge in [-0.2, -0.15) is 0 Å². The SMILES string of the molecule is CCCCCCCC(CCCCCC)OC(=O)CCCNCCCC(=O)OC(CCCCCCC)CCCCCCC. The van der Waals surface area contributed by atoms with E-state index in [9.17, 15) is 9.59 Å². The van der Waals surface area contributed by atoms with Gasteiger partial charge in [0, 0.05) is 12.8 Å². The summed E-state index contributed by atoms with van der Waals surface area (Å²) in [6.07, 6.45) is 30.3. The normalized spacial score (nSPS) is 12.1. The molecule has 0 aliphatic heterocycles. The minimum Gasteiger partial charge on any atom is -0.462 e. The van der Waals surface area contributed by atoms with Crippen molar-refractivity contribution >= 4 is 11.9 Å². The van der Waals surface area contributed by atoms with E-state index >= 15 is 0 Å². The van der Waals surface area contributed by atoms with Gasteiger partial charge in [-0.3, -0.25) is 9.59 Å². The summed E-state index contributed by atoms with van der Waals surface area (Å²) < 4.78 is 11.8. The second-order valence-electron chi connectivity index (χ2n) is 12.6. The molecule has 0 aromatic heterocycles. The zero-order chi connectivity index (χ0) is 30.9. The van der Waals surface area contributed by atoms with Crippen molar-refractivity contribution in [1.29, 1.82) is 0 Å². The van der Waals surface area contributed by atoms with Gasteiger partial charge in [-0.1, -0.05) is 124 Å². The van der Waals surface area contributed by atoms with E-state index in [1.807, 2.05) is 0 Å². The van der Waals surface area contributed by atoms with Crippen molar-refractivity contribution in [3.8, 4) is 0 Å². The van der Waals surface area contributed by atoms with Crippen LogP contribution in [0.1, 0.15) is 201 Å². The molecule has 0 saturated carbocycles. The number of ether oxygens (including phenoxy) is 2. The molecule has 0 heterocycles. The Morgan fingerprint density at radius 3 is 1.02 bits per heavy atom. The molecule has 0 saturated heterocycles. The van der Waals surface area contributed by atoms with Crippen LogP contribution in [0.25, 0.3) is 0 Å². The summed E-state index contributed by atoms with van der Waals surface area (Å²) in [6.45, 7) is 10.5. The van der Waals surface area contributed by atoms with Gasteiger partial charge in [0.2, 0.25) is 0 Å². The highest BCUT2D eigenvalue weighted by molar-refractivity contribution is 5.69. The van der Waals surface area contributed by atoms with Gasteiger partial charge in [0.15, 0.2) is 0 Å². The van der Waals surface area contributed by atoms with Crippen LogP contribution in [0, 0.1) is 0 Å². The van der Waals surface area contributed by atoms with Crippen molar-refractivity contribution in [2.24, 2.45) is 0 Å². The number of carbonyl (C=O) groups excluding carboxylic acids is 2. The second kappa shape index (κ2) is 32.8. The van der Waals surface area contributed by atoms with Crippen LogP contribution in [0.5, 0.6) is 0 Å². The van der Waals surface area contributed by atoms with Gasteiger partial charge in [-0.15, -0.1) is 0 Å². The fraction of sp³-hybridized carbons (Fsp3) is 0.946. The standard InChI is InChI=1S/C37H73NO4/c1-5-9-13-17-21-27-34(26-20-16-12-8-4)41-36(39)30-24-32-38-33-25-31-37(40)42-35(28-22-18-14-10-6-2)29-23-19-15-11-7-3/h34-35,38H,5-33H2,1-4H3. The molecule has 0 aliphatic rings. The van der Waals surface area contributed by atoms with Gasteiger partial charge in [-0.05, 0) is 77.3 Å². The summed E-state index contributed by atoms with van der Waals surface area (Å²) in [4.78, 5) is 25.0. The molecule has 0 rings (SSSR count). The number of unbranched alkanes of at least 4 members (excludes halogenated alkanes) is 15. The summed E-state index contributed by atoms with van der Waals surface area (Å²) in [7, 11) is 0. The lowest BCUT2D eigenvalue weighted by Gasteiger charge is -2.18. The number of carbonyl (C=O) groups is 2. The third-order valence-electron chi connectivity index (χ3n) is 8.33. The highest BCUT2D eigenvalue weighted by Crippen LogP contribution is 2.18. The molecule has 0 aromatic carbocycles. The maximum absolute atomic E-state index is 12.5. The summed E-state index contributed by atoms with van der Waals surface area (Å²) in [5, 5.41) is 3.40. The van der Waals surface area contributed by atoms with E-state index in [-0.39, 0.29) is 24.1 Å². The van der Waals surface area contributed by atoms with Gasteiger partial charge in [0.05, 0.1) is 0 Å². The molecular weight excluding hydrogens is 522 g/mol. The van der Waals surface area contributed by atoms with Crippen LogP contribution in [0.2, 0.25) is 0 Å². The number of hydrogen-bond donors (Lipinski definition) is 1. The molecule has 1 N–H and O–H groups in total. The number of hydrogen-bond acceptors (Lipinski definition) is 5. The van der Waals surface area contributed by atoms with E-state index in [0.29, 0.717) is 12.8 Å². The van der Waals surface area contributed by atoms with Crippen molar-refractivity contribution in [3.05, 3.63) is 0 Å². The molecule has 0 fully saturated rings. The first-order chi connectivity index (χ1) is 20.6. The summed E-state index contributed by atoms with van der Waals surface area (Å²) in [5.74, 6) is -0.1000. The van der Waals surface area contributed by atoms with Gasteiger partial charge in [0.1, 0.15) is 12.2 Å². The molecule has 5 nitrogen and oxygen atoms in total. The minimum atomic E-state index is -0.0511. The molecule has 0 spiro atoms. The van der Waals surface area contributed by atoms with Crippen molar-refractivity contribution in [2.45, 2.75) is 213 Å². The Morgan fingerprint density at radius 1 is 0.429 bits per heavy atom. The van der Waals surface area contributed by atoms with Crippen LogP contribution in [-0.4, -0.2) is 37.2 Å². The maximum atomic E-state index is 12.5. The van der Waals surface area contributed by atoms with Crippen molar-refractivity contribution in [1.82, 2.24) is 5.32 Å². The van der Waals surface area contributed by atoms with E-state index in [0.717, 1.165) is 77.3 Å². The van der Waals surface area contributed by atoms with Crippen LogP contribution >= 0.6 is 0 Å². The monoisotopic (exact) mass is 596 g/mol. The van der Waals surface area contributed by atoms with E-state index in [1.54, 1.807) is 0 Å². The van der Waals surface area contributed by atoms with Gasteiger partial charge in [0.25, 0.3) is 0 Å². The Bertz CT molecular complexity index is 568. The van der Waals surface area contributed by atoms with E-state index in [2.05, 4.69) is 33.0 Å². The smallest absolute Gasteiger partial charge is 0.306 e. The molecule has 250 valence electrons. The summed E-state index contributed by atoms with van der Waals surface area (Å²) in [6, 6.07) is 0. The van der Waals surface area contributed by atoms with Crippen LogP contribution in [0.15, 0.2) is 0 Å². The molecule has 0 radical (unpaired) electrons. The molecule has 0 bridgehead atoms. The molecule has 0 amide bonds. The van der Waals surface area contributed by atoms with E-state index in [4.69, 9.17) is 9.47 Å². The molecule has 5 heteroatoms. The van der Waals surface area contributed by atoms with Crippen LogP contribution in [0.4, 0.5) is 0 Å². The van der Waals surface area contributed by atoms with Gasteiger partial charge >= 0.3 is 11.9 Å². The largest absolute Gasteiger partial charge is 0.462 e. The molecular formula is C37H73NO4. The third-order valence-corrected chi connectivity index (χ3v) is 8.33. The summed E-state index contributed by atoms with van der Waals surface area (Å²) in [5.41, 5.74) is 0. The van der Waals surface area contributed by atoms with Crippen LogP contribution < -0.4 is 5.32 Å². The number of esters is 2. The van der Waals surface area contributed by atoms with E-state index in [1.165, 1.54) is 96.3 Å². The van der Waals surface area contributed by atoms with Gasteiger partial charge in [-0.25, -0.2) is 0 Å². The lowest BCUT2D eigenvalue weighted by Crippen LogP contribution is -2.22. The maximum Gasteiger partial charge on any atom is 0.306 e. The lowest BCUT2D eigenvalue weighted by molar-refractivity contribution is -0.150. The summed E-state index contributed by atoms with van der Waals surface area (Å²) >= 11 is 0. The fourth-order valence-corrected chi connectivity index (χ4v) is 5.58. The molecule has 0 aromatic rings. The zero-order valence-electron chi connectivity index (χ0n) is 28.8. The van der Waals surface area contributed by atoms with Crippen molar-refractivity contribution in [2.75, 3.05) is 13.1 Å². The first kappa shape index (κ1) is 40.9. The van der Waals surface area contributed by atoms with Crippen LogP contribution in [-0.2, 0) is 19.1 Å². The predicted octanol–water partition coefficient (Wildman–Crippen LogP) is 11.0. The Balaban J connectivity index is 4.15. The Labute approximate surface area is 262 Å². The predicted molar refractivity (Wildman–Crippen MR) is 180 cm³/mol. The van der Waals surface area contributed by atoms with Crippen molar-refractivity contribution in [3.63, 3.8) is 0 Å².